The van der Waals surface area contributed by atoms with Crippen molar-refractivity contribution in [2.24, 2.45) is 5.41 Å². The molecule has 2 rings (SSSR count). The summed E-state index contributed by atoms with van der Waals surface area (Å²) in [5.74, 6) is 0. The topological polar surface area (TPSA) is 53.0 Å². The number of nitriles is 1. The molecule has 90 valence electrons. The lowest BCUT2D eigenvalue weighted by Crippen LogP contribution is -2.22. The summed E-state index contributed by atoms with van der Waals surface area (Å²) in [7, 11) is 0. The second-order valence-electron chi connectivity index (χ2n) is 5.55. The largest absolute Gasteiger partial charge is 0.398 e. The van der Waals surface area contributed by atoms with Gasteiger partial charge in [0, 0.05) is 24.5 Å². The van der Waals surface area contributed by atoms with Gasteiger partial charge >= 0.3 is 0 Å². The molecular formula is C14H19N3. The predicted molar refractivity (Wildman–Crippen MR) is 70.8 cm³/mol. The summed E-state index contributed by atoms with van der Waals surface area (Å²) in [4.78, 5) is 2.38. The van der Waals surface area contributed by atoms with E-state index < -0.39 is 0 Å². The average Bonchev–Trinajstić information content (AvgIpc) is 2.62. The van der Waals surface area contributed by atoms with Gasteiger partial charge in [0.15, 0.2) is 0 Å². The maximum absolute atomic E-state index is 8.76. The van der Waals surface area contributed by atoms with Crippen molar-refractivity contribution in [1.29, 1.82) is 5.26 Å². The first-order valence-electron chi connectivity index (χ1n) is 6.02. The number of benzene rings is 1. The van der Waals surface area contributed by atoms with Crippen molar-refractivity contribution >= 4 is 11.4 Å². The van der Waals surface area contributed by atoms with E-state index in [0.29, 0.717) is 17.5 Å². The molecule has 0 spiro atoms. The molecular weight excluding hydrogens is 210 g/mol. The Morgan fingerprint density at radius 1 is 1.47 bits per heavy atom. The molecule has 3 nitrogen and oxygen atoms in total. The second-order valence-corrected chi connectivity index (χ2v) is 5.55. The molecule has 0 atom stereocenters. The highest BCUT2D eigenvalue weighted by molar-refractivity contribution is 5.59. The van der Waals surface area contributed by atoms with Gasteiger partial charge in [-0.2, -0.15) is 5.26 Å². The zero-order valence-electron chi connectivity index (χ0n) is 10.5. The Kier molecular flexibility index (Phi) is 2.97. The molecule has 0 amide bonds. The van der Waals surface area contributed by atoms with E-state index in [2.05, 4.69) is 36.9 Å². The molecule has 1 heterocycles. The Morgan fingerprint density at radius 3 is 2.82 bits per heavy atom. The summed E-state index contributed by atoms with van der Waals surface area (Å²) < 4.78 is 0. The smallest absolute Gasteiger partial charge is 0.0670 e. The Hall–Kier alpha value is -1.69. The van der Waals surface area contributed by atoms with Crippen LogP contribution < -0.4 is 10.6 Å². The van der Waals surface area contributed by atoms with Crippen LogP contribution in [-0.2, 0) is 6.42 Å². The highest BCUT2D eigenvalue weighted by Gasteiger charge is 2.29. The summed E-state index contributed by atoms with van der Waals surface area (Å²) in [6, 6.07) is 8.18. The molecule has 1 aromatic rings. The molecule has 1 aliphatic rings. The van der Waals surface area contributed by atoms with Crippen molar-refractivity contribution in [1.82, 2.24) is 0 Å². The van der Waals surface area contributed by atoms with Crippen LogP contribution >= 0.6 is 0 Å². The van der Waals surface area contributed by atoms with E-state index in [1.165, 1.54) is 12.1 Å². The number of hydrogen-bond acceptors (Lipinski definition) is 3. The van der Waals surface area contributed by atoms with Crippen molar-refractivity contribution in [3.63, 3.8) is 0 Å². The summed E-state index contributed by atoms with van der Waals surface area (Å²) in [6.45, 7) is 6.74. The minimum atomic E-state index is 0.386. The summed E-state index contributed by atoms with van der Waals surface area (Å²) in [6.07, 6.45) is 1.60. The van der Waals surface area contributed by atoms with Crippen molar-refractivity contribution < 1.29 is 0 Å². The monoisotopic (exact) mass is 229 g/mol. The standard InChI is InChI=1S/C14H19N3/c1-14(2)6-8-17(10-14)12-3-4-13(16)11(9-12)5-7-15/h3-4,9H,5-6,8,10,16H2,1-2H3. The maximum Gasteiger partial charge on any atom is 0.0670 e. The lowest BCUT2D eigenvalue weighted by molar-refractivity contribution is 0.418. The Balaban J connectivity index is 2.23. The van der Waals surface area contributed by atoms with Crippen LogP contribution in [0.5, 0.6) is 0 Å². The summed E-state index contributed by atoms with van der Waals surface area (Å²) >= 11 is 0. The number of nitrogens with zero attached hydrogens (tertiary/aromatic N) is 2. The molecule has 0 saturated carbocycles. The third-order valence-electron chi connectivity index (χ3n) is 3.44. The van der Waals surface area contributed by atoms with Gasteiger partial charge in [-0.1, -0.05) is 13.8 Å². The predicted octanol–water partition coefficient (Wildman–Crippen LogP) is 2.57. The van der Waals surface area contributed by atoms with E-state index in [4.69, 9.17) is 11.0 Å². The van der Waals surface area contributed by atoms with Crippen LogP contribution in [0.3, 0.4) is 0 Å². The van der Waals surface area contributed by atoms with E-state index in [-0.39, 0.29) is 0 Å². The third-order valence-corrected chi connectivity index (χ3v) is 3.44. The molecule has 1 saturated heterocycles. The van der Waals surface area contributed by atoms with Crippen molar-refractivity contribution in [2.45, 2.75) is 26.7 Å². The molecule has 0 aliphatic carbocycles. The molecule has 0 unspecified atom stereocenters. The molecule has 1 fully saturated rings. The minimum absolute atomic E-state index is 0.386. The van der Waals surface area contributed by atoms with Crippen LogP contribution in [0.15, 0.2) is 18.2 Å². The average molecular weight is 229 g/mol. The van der Waals surface area contributed by atoms with Crippen molar-refractivity contribution in [3.05, 3.63) is 23.8 Å². The van der Waals surface area contributed by atoms with Gasteiger partial charge in [-0.15, -0.1) is 0 Å². The lowest BCUT2D eigenvalue weighted by Gasteiger charge is -2.22. The van der Waals surface area contributed by atoms with E-state index in [9.17, 15) is 0 Å². The van der Waals surface area contributed by atoms with Crippen molar-refractivity contribution in [3.8, 4) is 6.07 Å². The molecule has 1 aromatic carbocycles. The van der Waals surface area contributed by atoms with E-state index in [1.807, 2.05) is 6.07 Å². The van der Waals surface area contributed by atoms with Crippen LogP contribution in [0, 0.1) is 16.7 Å². The Labute approximate surface area is 103 Å². The van der Waals surface area contributed by atoms with Crippen LogP contribution in [-0.4, -0.2) is 13.1 Å². The first-order chi connectivity index (χ1) is 8.02. The van der Waals surface area contributed by atoms with Crippen LogP contribution in [0.4, 0.5) is 11.4 Å². The highest BCUT2D eigenvalue weighted by atomic mass is 15.2. The van der Waals surface area contributed by atoms with E-state index in [0.717, 1.165) is 18.7 Å². The first-order valence-corrected chi connectivity index (χ1v) is 6.02. The Bertz CT molecular complexity index is 457. The van der Waals surface area contributed by atoms with E-state index in [1.54, 1.807) is 0 Å². The van der Waals surface area contributed by atoms with Gasteiger partial charge < -0.3 is 10.6 Å². The highest BCUT2D eigenvalue weighted by Crippen LogP contribution is 2.33. The van der Waals surface area contributed by atoms with Gasteiger partial charge in [0.25, 0.3) is 0 Å². The van der Waals surface area contributed by atoms with Gasteiger partial charge in [-0.3, -0.25) is 0 Å². The fraction of sp³-hybridized carbons (Fsp3) is 0.500. The zero-order valence-corrected chi connectivity index (χ0v) is 10.5. The molecule has 17 heavy (non-hydrogen) atoms. The molecule has 3 heteroatoms. The lowest BCUT2D eigenvalue weighted by atomic mass is 9.93. The zero-order chi connectivity index (χ0) is 12.5. The first kappa shape index (κ1) is 11.8. The number of rotatable bonds is 2. The molecule has 2 N–H and O–H groups in total. The second kappa shape index (κ2) is 4.29. The minimum Gasteiger partial charge on any atom is -0.398 e. The summed E-state index contributed by atoms with van der Waals surface area (Å²) in [5.41, 5.74) is 9.09. The number of anilines is 2. The quantitative estimate of drug-likeness (QED) is 0.793. The van der Waals surface area contributed by atoms with Crippen LogP contribution in [0.1, 0.15) is 25.8 Å². The Morgan fingerprint density at radius 2 is 2.24 bits per heavy atom. The number of hydrogen-bond donors (Lipinski definition) is 1. The van der Waals surface area contributed by atoms with Gasteiger partial charge in [0.2, 0.25) is 0 Å². The van der Waals surface area contributed by atoms with Crippen LogP contribution in [0.25, 0.3) is 0 Å². The van der Waals surface area contributed by atoms with Gasteiger partial charge in [-0.05, 0) is 35.6 Å². The SMILES string of the molecule is CC1(C)CCN(c2ccc(N)c(CC#N)c2)C1. The fourth-order valence-corrected chi connectivity index (χ4v) is 2.36. The molecule has 0 aromatic heterocycles. The number of nitrogen functional groups attached to an aromatic ring is 1. The third kappa shape index (κ3) is 2.52. The van der Waals surface area contributed by atoms with Crippen LogP contribution in [0.2, 0.25) is 0 Å². The fourth-order valence-electron chi connectivity index (χ4n) is 2.36. The molecule has 0 bridgehead atoms. The van der Waals surface area contributed by atoms with E-state index >= 15 is 0 Å². The van der Waals surface area contributed by atoms with Gasteiger partial charge in [0.05, 0.1) is 12.5 Å². The van der Waals surface area contributed by atoms with Crippen molar-refractivity contribution in [2.75, 3.05) is 23.7 Å². The van der Waals surface area contributed by atoms with Gasteiger partial charge in [0.1, 0.15) is 0 Å². The normalized spacial score (nSPS) is 18.1. The summed E-state index contributed by atoms with van der Waals surface area (Å²) in [5, 5.41) is 8.76. The molecule has 1 aliphatic heterocycles. The maximum atomic E-state index is 8.76. The molecule has 0 radical (unpaired) electrons. The van der Waals surface area contributed by atoms with Gasteiger partial charge in [-0.25, -0.2) is 0 Å². The number of nitrogens with two attached hydrogens (primary N) is 1.